The first kappa shape index (κ1) is 30.0. The number of amides is 1. The third-order valence-electron chi connectivity index (χ3n) is 7.61. The highest BCUT2D eigenvalue weighted by Crippen LogP contribution is 2.29. The van der Waals surface area contributed by atoms with E-state index in [-0.39, 0.29) is 12.2 Å². The number of pyridine rings is 1. The lowest BCUT2D eigenvalue weighted by molar-refractivity contribution is 0.0126. The second-order valence-electron chi connectivity index (χ2n) is 11.8. The molecule has 0 aliphatic carbocycles. The number of likely N-dealkylation sites (tertiary alicyclic amines) is 1. The number of nitriles is 1. The zero-order valence-corrected chi connectivity index (χ0v) is 25.4. The number of carbonyl (C=O) groups is 1. The molecule has 11 heteroatoms. The van der Waals surface area contributed by atoms with E-state index in [0.717, 1.165) is 44.0 Å². The predicted molar refractivity (Wildman–Crippen MR) is 165 cm³/mol. The van der Waals surface area contributed by atoms with Crippen molar-refractivity contribution in [2.75, 3.05) is 56.0 Å². The van der Waals surface area contributed by atoms with E-state index < -0.39 is 5.60 Å². The van der Waals surface area contributed by atoms with E-state index in [2.05, 4.69) is 49.1 Å². The first-order valence-electron chi connectivity index (χ1n) is 14.9. The third kappa shape index (κ3) is 7.90. The monoisotopic (exact) mass is 584 g/mol. The molecule has 1 amide bonds. The molecule has 1 aromatic carbocycles. The van der Waals surface area contributed by atoms with Gasteiger partial charge >= 0.3 is 6.09 Å². The summed E-state index contributed by atoms with van der Waals surface area (Å²) in [7, 11) is 0. The van der Waals surface area contributed by atoms with Crippen molar-refractivity contribution in [1.29, 1.82) is 5.26 Å². The van der Waals surface area contributed by atoms with Crippen molar-refractivity contribution in [3.05, 3.63) is 54.4 Å². The SMILES string of the molecule is CCN1CCN(c2ccc(Nc3nccc(-c4ccc(OC5CCN(C(=O)OC(C)(C)C)CC5)c(C#N)c4)n3)nc2)CC1. The standard InChI is InChI=1S/C32H40N8O3/c1-5-38-16-18-39(19-17-38)25-7-9-29(35-22-25)37-30-34-13-10-27(36-30)23-6-8-28(24(20-23)21-33)42-26-11-14-40(15-12-26)31(41)43-32(2,3)4/h6-10,13,20,22,26H,5,11-12,14-19H2,1-4H3,(H,34,35,36,37). The Hall–Kier alpha value is -4.43. The highest BCUT2D eigenvalue weighted by Gasteiger charge is 2.28. The van der Waals surface area contributed by atoms with Crippen molar-refractivity contribution in [3.63, 3.8) is 0 Å². The Morgan fingerprint density at radius 2 is 1.81 bits per heavy atom. The second kappa shape index (κ2) is 13.3. The lowest BCUT2D eigenvalue weighted by atomic mass is 10.1. The van der Waals surface area contributed by atoms with Gasteiger partial charge in [-0.3, -0.25) is 0 Å². The van der Waals surface area contributed by atoms with Crippen LogP contribution in [0.15, 0.2) is 48.8 Å². The van der Waals surface area contributed by atoms with Crippen molar-refractivity contribution < 1.29 is 14.3 Å². The van der Waals surface area contributed by atoms with Crippen molar-refractivity contribution in [2.45, 2.75) is 52.2 Å². The van der Waals surface area contributed by atoms with Gasteiger partial charge in [0.2, 0.25) is 5.95 Å². The van der Waals surface area contributed by atoms with Crippen LogP contribution in [0.25, 0.3) is 11.3 Å². The van der Waals surface area contributed by atoms with E-state index in [9.17, 15) is 10.1 Å². The summed E-state index contributed by atoms with van der Waals surface area (Å²) in [5.74, 6) is 1.60. The maximum absolute atomic E-state index is 12.4. The van der Waals surface area contributed by atoms with Crippen molar-refractivity contribution in [3.8, 4) is 23.1 Å². The third-order valence-corrected chi connectivity index (χ3v) is 7.61. The summed E-state index contributed by atoms with van der Waals surface area (Å²) in [6.45, 7) is 14.1. The van der Waals surface area contributed by atoms with Gasteiger partial charge in [0.05, 0.1) is 23.1 Å². The number of piperazine rings is 1. The van der Waals surface area contributed by atoms with Gasteiger partial charge in [0.25, 0.3) is 0 Å². The normalized spacial score (nSPS) is 16.4. The molecule has 226 valence electrons. The van der Waals surface area contributed by atoms with E-state index >= 15 is 0 Å². The van der Waals surface area contributed by atoms with Crippen LogP contribution < -0.4 is 15.0 Å². The minimum atomic E-state index is -0.527. The number of hydrogen-bond donors (Lipinski definition) is 1. The molecule has 11 nitrogen and oxygen atoms in total. The van der Waals surface area contributed by atoms with E-state index in [1.54, 1.807) is 23.2 Å². The Labute approximate surface area is 253 Å². The highest BCUT2D eigenvalue weighted by atomic mass is 16.6. The first-order chi connectivity index (χ1) is 20.7. The van der Waals surface area contributed by atoms with Gasteiger partial charge in [-0.1, -0.05) is 6.92 Å². The molecule has 3 aromatic rings. The molecular formula is C32H40N8O3. The van der Waals surface area contributed by atoms with Gasteiger partial charge in [-0.05, 0) is 63.7 Å². The molecule has 2 aromatic heterocycles. The summed E-state index contributed by atoms with van der Waals surface area (Å²) in [6.07, 6.45) is 4.50. The minimum Gasteiger partial charge on any atom is -0.489 e. The molecule has 5 rings (SSSR count). The smallest absolute Gasteiger partial charge is 0.410 e. The molecule has 0 atom stereocenters. The summed E-state index contributed by atoms with van der Waals surface area (Å²) >= 11 is 0. The molecule has 2 aliphatic rings. The maximum atomic E-state index is 12.4. The molecule has 0 unspecified atom stereocenters. The van der Waals surface area contributed by atoms with Gasteiger partial charge in [0.15, 0.2) is 0 Å². The summed E-state index contributed by atoms with van der Waals surface area (Å²) in [4.78, 5) is 32.5. The van der Waals surface area contributed by atoms with Crippen LogP contribution in [0.5, 0.6) is 5.75 Å². The summed E-state index contributed by atoms with van der Waals surface area (Å²) in [5, 5.41) is 13.1. The average molecular weight is 585 g/mol. The first-order valence-corrected chi connectivity index (χ1v) is 14.9. The van der Waals surface area contributed by atoms with Gasteiger partial charge in [-0.15, -0.1) is 0 Å². The Morgan fingerprint density at radius 1 is 1.05 bits per heavy atom. The van der Waals surface area contributed by atoms with Gasteiger partial charge < -0.3 is 29.5 Å². The predicted octanol–water partition coefficient (Wildman–Crippen LogP) is 5.07. The molecule has 2 aliphatic heterocycles. The second-order valence-corrected chi connectivity index (χ2v) is 11.8. The maximum Gasteiger partial charge on any atom is 0.410 e. The molecule has 0 bridgehead atoms. The molecule has 0 saturated carbocycles. The van der Waals surface area contributed by atoms with Crippen molar-refractivity contribution in [2.24, 2.45) is 0 Å². The molecule has 0 spiro atoms. The fraction of sp³-hybridized carbons (Fsp3) is 0.469. The number of nitrogens with one attached hydrogen (secondary N) is 1. The van der Waals surface area contributed by atoms with Gasteiger partial charge in [0, 0.05) is 63.9 Å². The van der Waals surface area contributed by atoms with Gasteiger partial charge in [-0.2, -0.15) is 5.26 Å². The Kier molecular flexibility index (Phi) is 9.26. The summed E-state index contributed by atoms with van der Waals surface area (Å²) < 4.78 is 11.7. The highest BCUT2D eigenvalue weighted by molar-refractivity contribution is 5.68. The van der Waals surface area contributed by atoms with Crippen LogP contribution >= 0.6 is 0 Å². The Morgan fingerprint density at radius 3 is 2.47 bits per heavy atom. The van der Waals surface area contributed by atoms with Crippen molar-refractivity contribution >= 4 is 23.5 Å². The minimum absolute atomic E-state index is 0.0914. The van der Waals surface area contributed by atoms with E-state index in [1.807, 2.05) is 45.2 Å². The van der Waals surface area contributed by atoms with Gasteiger partial charge in [-0.25, -0.2) is 19.7 Å². The number of nitrogens with zero attached hydrogens (tertiary/aromatic N) is 7. The Balaban J connectivity index is 1.19. The number of hydrogen-bond acceptors (Lipinski definition) is 10. The number of aromatic nitrogens is 3. The summed E-state index contributed by atoms with van der Waals surface area (Å²) in [6, 6.07) is 13.6. The zero-order valence-electron chi connectivity index (χ0n) is 25.4. The van der Waals surface area contributed by atoms with Crippen LogP contribution in [0.4, 0.5) is 22.2 Å². The molecule has 1 N–H and O–H groups in total. The van der Waals surface area contributed by atoms with E-state index in [4.69, 9.17) is 9.47 Å². The van der Waals surface area contributed by atoms with Crippen LogP contribution in [0.1, 0.15) is 46.1 Å². The zero-order chi connectivity index (χ0) is 30.4. The molecule has 43 heavy (non-hydrogen) atoms. The van der Waals surface area contributed by atoms with Crippen LogP contribution in [0.3, 0.4) is 0 Å². The number of piperidine rings is 1. The van der Waals surface area contributed by atoms with Crippen molar-refractivity contribution in [1.82, 2.24) is 24.8 Å². The molecule has 2 fully saturated rings. The van der Waals surface area contributed by atoms with E-state index in [1.165, 1.54) is 0 Å². The lowest BCUT2D eigenvalue weighted by Crippen LogP contribution is -2.46. The van der Waals surface area contributed by atoms with Crippen LogP contribution in [0, 0.1) is 11.3 Å². The molecule has 4 heterocycles. The largest absolute Gasteiger partial charge is 0.489 e. The number of carbonyl (C=O) groups excluding carboxylic acids is 1. The molecule has 2 saturated heterocycles. The van der Waals surface area contributed by atoms with Gasteiger partial charge in [0.1, 0.15) is 29.3 Å². The van der Waals surface area contributed by atoms with Crippen LogP contribution in [-0.2, 0) is 4.74 Å². The topological polar surface area (TPSA) is 120 Å². The number of rotatable bonds is 7. The fourth-order valence-corrected chi connectivity index (χ4v) is 5.21. The fourth-order valence-electron chi connectivity index (χ4n) is 5.21. The summed E-state index contributed by atoms with van der Waals surface area (Å²) in [5.41, 5.74) is 2.47. The van der Waals surface area contributed by atoms with Crippen LogP contribution in [0.2, 0.25) is 0 Å². The average Bonchev–Trinajstić information content (AvgIpc) is 3.01. The lowest BCUT2D eigenvalue weighted by Gasteiger charge is -2.35. The quantitative estimate of drug-likeness (QED) is 0.403. The number of ether oxygens (including phenoxy) is 2. The Bertz CT molecular complexity index is 1430. The number of anilines is 3. The molecular weight excluding hydrogens is 544 g/mol. The van der Waals surface area contributed by atoms with Crippen LogP contribution in [-0.4, -0.2) is 88.4 Å². The molecule has 0 radical (unpaired) electrons. The van der Waals surface area contributed by atoms with E-state index in [0.29, 0.717) is 54.7 Å². The number of likely N-dealkylation sites (N-methyl/N-ethyl adjacent to an activating group) is 1. The number of benzene rings is 1.